The lowest BCUT2D eigenvalue weighted by molar-refractivity contribution is -0.697. The van der Waals surface area contributed by atoms with E-state index in [1.54, 1.807) is 0 Å². The first kappa shape index (κ1) is 23.0. The zero-order chi connectivity index (χ0) is 18.1. The van der Waals surface area contributed by atoms with Gasteiger partial charge in [-0.3, -0.25) is 4.55 Å². The number of unbranched alkanes of at least 4 members (excludes halogenated alkanes) is 10. The molecule has 1 rings (SSSR count). The molecule has 140 valence electrons. The minimum atomic E-state index is -4.92. The molecule has 0 aliphatic heterocycles. The molecule has 0 aliphatic rings. The van der Waals surface area contributed by atoms with E-state index < -0.39 is 10.4 Å². The van der Waals surface area contributed by atoms with Crippen molar-refractivity contribution in [3.8, 4) is 0 Å². The maximum Gasteiger partial charge on any atom is 0.215 e. The van der Waals surface area contributed by atoms with Crippen molar-refractivity contribution in [2.24, 2.45) is 0 Å². The van der Waals surface area contributed by atoms with Crippen LogP contribution >= 0.6 is 0 Å². The van der Waals surface area contributed by atoms with E-state index in [0.29, 0.717) is 0 Å². The summed E-state index contributed by atoms with van der Waals surface area (Å²) in [6, 6.07) is 6.30. The third kappa shape index (κ3) is 21.0. The lowest BCUT2D eigenvalue weighted by atomic mass is 10.1. The monoisotopic (exact) mass is 359 g/mol. The average molecular weight is 360 g/mol. The number of rotatable bonds is 12. The molecule has 0 spiro atoms. The van der Waals surface area contributed by atoms with Crippen LogP contribution in [0.5, 0.6) is 0 Å². The summed E-state index contributed by atoms with van der Waals surface area (Å²) in [7, 11) is -4.92. The molecule has 0 bridgehead atoms. The Hall–Kier alpha value is -0.980. The second-order valence-corrected chi connectivity index (χ2v) is 6.93. The van der Waals surface area contributed by atoms with E-state index >= 15 is 0 Å². The van der Waals surface area contributed by atoms with E-state index in [-0.39, 0.29) is 0 Å². The Balaban J connectivity index is 0.000000922. The maximum atomic E-state index is 8.63. The molecule has 1 N–H and O–H groups in total. The van der Waals surface area contributed by atoms with Gasteiger partial charge in [0.25, 0.3) is 0 Å². The molecule has 24 heavy (non-hydrogen) atoms. The first-order chi connectivity index (χ1) is 11.4. The van der Waals surface area contributed by atoms with E-state index in [1.807, 2.05) is 0 Å². The Labute approximate surface area is 147 Å². The van der Waals surface area contributed by atoms with Gasteiger partial charge in [0.2, 0.25) is 10.4 Å². The van der Waals surface area contributed by atoms with Gasteiger partial charge < -0.3 is 4.55 Å². The van der Waals surface area contributed by atoms with Gasteiger partial charge in [0.05, 0.1) is 0 Å². The smallest absolute Gasteiger partial charge is 0.215 e. The van der Waals surface area contributed by atoms with Gasteiger partial charge >= 0.3 is 0 Å². The fraction of sp³-hybridized carbons (Fsp3) is 0.722. The molecule has 1 aromatic rings. The normalized spacial score (nSPS) is 11.0. The fourth-order valence-corrected chi connectivity index (χ4v) is 2.54. The summed E-state index contributed by atoms with van der Waals surface area (Å²) in [6.07, 6.45) is 20.0. The van der Waals surface area contributed by atoms with Gasteiger partial charge in [-0.25, -0.2) is 13.0 Å². The fourth-order valence-electron chi connectivity index (χ4n) is 2.54. The van der Waals surface area contributed by atoms with E-state index in [9.17, 15) is 0 Å². The summed E-state index contributed by atoms with van der Waals surface area (Å²) in [5.74, 6) is 0. The molecular formula is C18H33NO4S. The number of pyridine rings is 1. The first-order valence-corrected chi connectivity index (χ1v) is 10.4. The lowest BCUT2D eigenvalue weighted by Gasteiger charge is -2.01. The molecule has 0 saturated carbocycles. The Morgan fingerprint density at radius 1 is 0.792 bits per heavy atom. The van der Waals surface area contributed by atoms with Gasteiger partial charge in [0.1, 0.15) is 6.54 Å². The van der Waals surface area contributed by atoms with Crippen LogP contribution in [0.3, 0.4) is 0 Å². The number of nitrogens with zero attached hydrogens (tertiary/aromatic N) is 1. The highest BCUT2D eigenvalue weighted by molar-refractivity contribution is 7.79. The number of hydrogen-bond donors (Lipinski definition) is 1. The molecule has 5 nitrogen and oxygen atoms in total. The number of aromatic nitrogens is 1. The minimum Gasteiger partial charge on any atom is -0.726 e. The highest BCUT2D eigenvalue weighted by Gasteiger charge is 1.97. The van der Waals surface area contributed by atoms with Crippen LogP contribution in [0.15, 0.2) is 30.6 Å². The standard InChI is InChI=1S/C18H32N.H2O4S/c1-2-3-4-5-6-7-8-9-10-11-13-16-19-17-14-12-15-18-19;1-5(2,3)4/h12,14-15,17-18H,2-11,13,16H2,1H3;(H2,1,2,3,4)/q+1;/p-1. The van der Waals surface area contributed by atoms with Gasteiger partial charge in [0, 0.05) is 18.6 Å². The Morgan fingerprint density at radius 3 is 1.58 bits per heavy atom. The van der Waals surface area contributed by atoms with E-state index in [0.717, 1.165) is 0 Å². The van der Waals surface area contributed by atoms with Crippen molar-refractivity contribution >= 4 is 10.4 Å². The van der Waals surface area contributed by atoms with Crippen LogP contribution in [0.1, 0.15) is 77.6 Å². The molecule has 0 saturated heterocycles. The number of aryl methyl sites for hydroxylation is 1. The van der Waals surface area contributed by atoms with Crippen LogP contribution in [-0.4, -0.2) is 17.5 Å². The molecule has 1 aromatic heterocycles. The van der Waals surface area contributed by atoms with Crippen molar-refractivity contribution in [2.45, 2.75) is 84.1 Å². The third-order valence-corrected chi connectivity index (χ3v) is 3.80. The Bertz CT molecular complexity index is 469. The van der Waals surface area contributed by atoms with E-state index in [1.165, 1.54) is 77.2 Å². The van der Waals surface area contributed by atoms with Gasteiger partial charge in [-0.1, -0.05) is 70.8 Å². The second-order valence-electron chi connectivity index (χ2n) is 6.08. The van der Waals surface area contributed by atoms with Crippen LogP contribution < -0.4 is 4.57 Å². The first-order valence-electron chi connectivity index (χ1n) is 9.06. The molecule has 0 aromatic carbocycles. The van der Waals surface area contributed by atoms with Gasteiger partial charge in [-0.15, -0.1) is 0 Å². The quantitative estimate of drug-likeness (QED) is 0.261. The van der Waals surface area contributed by atoms with Crippen LogP contribution in [0, 0.1) is 0 Å². The third-order valence-electron chi connectivity index (χ3n) is 3.80. The van der Waals surface area contributed by atoms with Crippen LogP contribution in [0.2, 0.25) is 0 Å². The van der Waals surface area contributed by atoms with Gasteiger partial charge in [-0.2, -0.15) is 0 Å². The Kier molecular flexibility index (Phi) is 14.9. The van der Waals surface area contributed by atoms with Crippen molar-refractivity contribution in [2.75, 3.05) is 0 Å². The van der Waals surface area contributed by atoms with E-state index in [4.69, 9.17) is 17.5 Å². The molecule has 6 heteroatoms. The van der Waals surface area contributed by atoms with Crippen molar-refractivity contribution in [1.29, 1.82) is 0 Å². The molecule has 0 radical (unpaired) electrons. The Morgan fingerprint density at radius 2 is 1.17 bits per heavy atom. The van der Waals surface area contributed by atoms with Crippen LogP contribution in [0.4, 0.5) is 0 Å². The molecular weight excluding hydrogens is 326 g/mol. The molecule has 1 heterocycles. The summed E-state index contributed by atoms with van der Waals surface area (Å²) < 4.78 is 35.1. The molecule has 0 fully saturated rings. The van der Waals surface area contributed by atoms with Gasteiger partial charge in [0.15, 0.2) is 12.4 Å². The second kappa shape index (κ2) is 15.5. The van der Waals surface area contributed by atoms with Crippen molar-refractivity contribution in [3.05, 3.63) is 30.6 Å². The van der Waals surface area contributed by atoms with Crippen LogP contribution in [0.25, 0.3) is 0 Å². The zero-order valence-electron chi connectivity index (χ0n) is 14.9. The van der Waals surface area contributed by atoms with Crippen molar-refractivity contribution in [3.63, 3.8) is 0 Å². The largest absolute Gasteiger partial charge is 0.726 e. The SMILES string of the molecule is CCCCCCCCCCCCC[n+]1ccccc1.O=S(=O)([O-])O. The van der Waals surface area contributed by atoms with Crippen molar-refractivity contribution < 1.29 is 22.1 Å². The lowest BCUT2D eigenvalue weighted by Crippen LogP contribution is -2.32. The van der Waals surface area contributed by atoms with E-state index in [2.05, 4.69) is 42.1 Å². The predicted molar refractivity (Wildman–Crippen MR) is 95.4 cm³/mol. The molecule has 0 amide bonds. The predicted octanol–water partition coefficient (Wildman–Crippen LogP) is 4.29. The molecule has 0 atom stereocenters. The summed E-state index contributed by atoms with van der Waals surface area (Å²) in [4.78, 5) is 0. The summed E-state index contributed by atoms with van der Waals surface area (Å²) in [5.41, 5.74) is 0. The average Bonchev–Trinajstić information content (AvgIpc) is 2.52. The number of hydrogen-bond acceptors (Lipinski definition) is 3. The summed E-state index contributed by atoms with van der Waals surface area (Å²) in [5, 5.41) is 0. The molecule has 0 unspecified atom stereocenters. The highest BCUT2D eigenvalue weighted by Crippen LogP contribution is 2.11. The minimum absolute atomic E-state index is 1.18. The maximum absolute atomic E-state index is 8.63. The van der Waals surface area contributed by atoms with Crippen LogP contribution in [-0.2, 0) is 16.9 Å². The summed E-state index contributed by atoms with van der Waals surface area (Å²) >= 11 is 0. The molecule has 0 aliphatic carbocycles. The van der Waals surface area contributed by atoms with Crippen molar-refractivity contribution in [1.82, 2.24) is 0 Å². The van der Waals surface area contributed by atoms with Gasteiger partial charge in [-0.05, 0) is 6.42 Å². The summed E-state index contributed by atoms with van der Waals surface area (Å²) in [6.45, 7) is 3.46. The topological polar surface area (TPSA) is 81.3 Å². The highest BCUT2D eigenvalue weighted by atomic mass is 32.3. The zero-order valence-corrected chi connectivity index (χ0v) is 15.7.